The molecule has 0 fully saturated rings. The number of aromatic nitrogens is 2. The summed E-state index contributed by atoms with van der Waals surface area (Å²) >= 11 is 1.31. The van der Waals surface area contributed by atoms with Crippen molar-refractivity contribution in [3.05, 3.63) is 46.6 Å². The van der Waals surface area contributed by atoms with Crippen LogP contribution in [0.5, 0.6) is 0 Å². The van der Waals surface area contributed by atoms with Crippen LogP contribution in [0.1, 0.15) is 35.5 Å². The standard InChI is InChI=1S/C17H18N2O2S.Na/c1-10(2)6-12-8-19(15-7-11(3)4-5-13(12)15)17-18-14(9-22-17)16(20)21;/h4-5,7-10H,6H2,1-3H3,(H,20,21);/q;+1/p-1. The first-order valence-corrected chi connectivity index (χ1v) is 8.11. The van der Waals surface area contributed by atoms with Crippen molar-refractivity contribution < 1.29 is 39.5 Å². The third-order valence-electron chi connectivity index (χ3n) is 3.58. The number of benzene rings is 1. The average molecular weight is 336 g/mol. The average Bonchev–Trinajstić information content (AvgIpc) is 3.03. The predicted molar refractivity (Wildman–Crippen MR) is 86.6 cm³/mol. The van der Waals surface area contributed by atoms with E-state index in [1.54, 1.807) is 0 Å². The zero-order valence-electron chi connectivity index (χ0n) is 13.8. The van der Waals surface area contributed by atoms with Gasteiger partial charge in [-0.05, 0) is 36.5 Å². The second-order valence-electron chi connectivity index (χ2n) is 5.95. The largest absolute Gasteiger partial charge is 1.00 e. The Morgan fingerprint density at radius 3 is 2.74 bits per heavy atom. The molecule has 0 radical (unpaired) electrons. The number of nitrogens with zero attached hydrogens (tertiary/aromatic N) is 2. The molecule has 4 nitrogen and oxygen atoms in total. The Hall–Kier alpha value is -1.14. The van der Waals surface area contributed by atoms with Gasteiger partial charge in [-0.15, -0.1) is 11.3 Å². The summed E-state index contributed by atoms with van der Waals surface area (Å²) in [4.78, 5) is 15.1. The first kappa shape index (κ1) is 18.2. The molecule has 0 spiro atoms. The number of carboxylic acid groups (broad SMARTS) is 1. The van der Waals surface area contributed by atoms with Crippen LogP contribution in [0.25, 0.3) is 16.0 Å². The van der Waals surface area contributed by atoms with Crippen molar-refractivity contribution in [3.8, 4) is 5.13 Å². The van der Waals surface area contributed by atoms with E-state index in [-0.39, 0.29) is 35.3 Å². The van der Waals surface area contributed by atoms with Crippen LogP contribution in [0.4, 0.5) is 0 Å². The molecular formula is C17H17N2NaO2S. The monoisotopic (exact) mass is 336 g/mol. The summed E-state index contributed by atoms with van der Waals surface area (Å²) in [6.07, 6.45) is 3.05. The van der Waals surface area contributed by atoms with E-state index in [0.29, 0.717) is 11.0 Å². The fraction of sp³-hybridized carbons (Fsp3) is 0.294. The summed E-state index contributed by atoms with van der Waals surface area (Å²) in [5.41, 5.74) is 3.48. The van der Waals surface area contributed by atoms with Crippen molar-refractivity contribution in [3.63, 3.8) is 0 Å². The molecule has 0 saturated heterocycles. The molecule has 1 aromatic carbocycles. The van der Waals surface area contributed by atoms with Crippen LogP contribution in [0.2, 0.25) is 0 Å². The quantitative estimate of drug-likeness (QED) is 0.628. The van der Waals surface area contributed by atoms with E-state index in [1.807, 2.05) is 11.5 Å². The molecule has 0 aliphatic heterocycles. The van der Waals surface area contributed by atoms with E-state index in [1.165, 1.54) is 33.2 Å². The van der Waals surface area contributed by atoms with Gasteiger partial charge in [0, 0.05) is 17.0 Å². The number of aromatic carboxylic acids is 1. The molecule has 0 unspecified atom stereocenters. The number of carbonyl (C=O) groups excluding carboxylic acids is 1. The molecule has 0 aliphatic rings. The maximum atomic E-state index is 10.9. The fourth-order valence-corrected chi connectivity index (χ4v) is 3.42. The van der Waals surface area contributed by atoms with Gasteiger partial charge in [0.15, 0.2) is 5.13 Å². The molecule has 2 heterocycles. The van der Waals surface area contributed by atoms with Crippen LogP contribution in [-0.4, -0.2) is 15.5 Å². The van der Waals surface area contributed by atoms with Crippen LogP contribution in [0.15, 0.2) is 29.8 Å². The van der Waals surface area contributed by atoms with Crippen molar-refractivity contribution in [2.75, 3.05) is 0 Å². The van der Waals surface area contributed by atoms with Crippen LogP contribution in [0.3, 0.4) is 0 Å². The number of aryl methyl sites for hydroxylation is 1. The van der Waals surface area contributed by atoms with E-state index < -0.39 is 5.97 Å². The second-order valence-corrected chi connectivity index (χ2v) is 6.78. The summed E-state index contributed by atoms with van der Waals surface area (Å²) in [7, 11) is 0. The van der Waals surface area contributed by atoms with E-state index in [2.05, 4.69) is 43.2 Å². The zero-order chi connectivity index (χ0) is 15.9. The van der Waals surface area contributed by atoms with Crippen molar-refractivity contribution in [2.45, 2.75) is 27.2 Å². The smallest absolute Gasteiger partial charge is 0.543 e. The van der Waals surface area contributed by atoms with E-state index in [4.69, 9.17) is 0 Å². The molecule has 3 rings (SSSR count). The number of carbonyl (C=O) groups is 1. The number of hydrogen-bond acceptors (Lipinski definition) is 4. The maximum absolute atomic E-state index is 10.9. The van der Waals surface area contributed by atoms with Gasteiger partial charge >= 0.3 is 29.6 Å². The van der Waals surface area contributed by atoms with E-state index >= 15 is 0 Å². The number of hydrogen-bond donors (Lipinski definition) is 0. The Morgan fingerprint density at radius 2 is 2.13 bits per heavy atom. The molecule has 0 N–H and O–H groups in total. The predicted octanol–water partition coefficient (Wildman–Crippen LogP) is -0.0386. The summed E-state index contributed by atoms with van der Waals surface area (Å²) in [5, 5.41) is 14.3. The first-order chi connectivity index (χ1) is 10.5. The van der Waals surface area contributed by atoms with Crippen LogP contribution in [-0.2, 0) is 6.42 Å². The van der Waals surface area contributed by atoms with Gasteiger partial charge in [-0.1, -0.05) is 26.0 Å². The fourth-order valence-electron chi connectivity index (χ4n) is 2.64. The molecule has 3 aromatic rings. The van der Waals surface area contributed by atoms with Gasteiger partial charge in [0.1, 0.15) is 0 Å². The number of thiazole rings is 1. The third-order valence-corrected chi connectivity index (χ3v) is 4.42. The van der Waals surface area contributed by atoms with Gasteiger partial charge < -0.3 is 9.90 Å². The topological polar surface area (TPSA) is 58.0 Å². The number of rotatable bonds is 4. The SMILES string of the molecule is Cc1ccc2c(CC(C)C)cn(-c3nc(C(=O)[O-])cs3)c2c1.[Na+]. The van der Waals surface area contributed by atoms with E-state index in [0.717, 1.165) is 11.9 Å². The summed E-state index contributed by atoms with van der Waals surface area (Å²) < 4.78 is 1.98. The van der Waals surface area contributed by atoms with E-state index in [9.17, 15) is 9.90 Å². The second kappa shape index (κ2) is 7.18. The van der Waals surface area contributed by atoms with Crippen LogP contribution < -0.4 is 34.7 Å². The summed E-state index contributed by atoms with van der Waals surface area (Å²) in [6, 6.07) is 6.34. The molecule has 2 aromatic heterocycles. The Kier molecular flexibility index (Phi) is 5.68. The maximum Gasteiger partial charge on any atom is 1.00 e. The summed E-state index contributed by atoms with van der Waals surface area (Å²) in [5.74, 6) is -0.687. The van der Waals surface area contributed by atoms with Crippen LogP contribution >= 0.6 is 11.3 Å². The summed E-state index contributed by atoms with van der Waals surface area (Å²) in [6.45, 7) is 6.43. The molecule has 0 aliphatic carbocycles. The zero-order valence-corrected chi connectivity index (χ0v) is 16.6. The minimum absolute atomic E-state index is 0. The number of carboxylic acids is 1. The third kappa shape index (κ3) is 3.69. The van der Waals surface area contributed by atoms with Crippen molar-refractivity contribution in [1.82, 2.24) is 9.55 Å². The van der Waals surface area contributed by atoms with Gasteiger partial charge in [0.25, 0.3) is 0 Å². The molecular weight excluding hydrogens is 319 g/mol. The van der Waals surface area contributed by atoms with Crippen molar-refractivity contribution in [1.29, 1.82) is 0 Å². The van der Waals surface area contributed by atoms with Gasteiger partial charge in [0.05, 0.1) is 17.2 Å². The molecule has 23 heavy (non-hydrogen) atoms. The first-order valence-electron chi connectivity index (χ1n) is 7.23. The van der Waals surface area contributed by atoms with Gasteiger partial charge in [-0.2, -0.15) is 0 Å². The van der Waals surface area contributed by atoms with Crippen molar-refractivity contribution >= 4 is 28.2 Å². The van der Waals surface area contributed by atoms with Crippen LogP contribution in [0, 0.1) is 12.8 Å². The van der Waals surface area contributed by atoms with Crippen molar-refractivity contribution in [2.24, 2.45) is 5.92 Å². The molecule has 0 atom stereocenters. The molecule has 0 amide bonds. The Bertz CT molecular complexity index is 852. The molecule has 0 saturated carbocycles. The Balaban J connectivity index is 0.00000192. The van der Waals surface area contributed by atoms with Gasteiger partial charge in [-0.25, -0.2) is 4.98 Å². The Labute approximate surface area is 161 Å². The normalized spacial score (nSPS) is 11.0. The van der Waals surface area contributed by atoms with Gasteiger partial charge in [0.2, 0.25) is 0 Å². The van der Waals surface area contributed by atoms with Gasteiger partial charge in [-0.3, -0.25) is 4.57 Å². The minimum atomic E-state index is -1.24. The minimum Gasteiger partial charge on any atom is -0.543 e. The molecule has 0 bridgehead atoms. The number of fused-ring (bicyclic) bond motifs is 1. The molecule has 6 heteroatoms. The molecule has 114 valence electrons. The Morgan fingerprint density at radius 1 is 1.39 bits per heavy atom.